The van der Waals surface area contributed by atoms with Gasteiger partial charge in [-0.2, -0.15) is 0 Å². The average molecular weight is 519 g/mol. The lowest BCUT2D eigenvalue weighted by Crippen LogP contribution is -2.86. The molecule has 0 fully saturated rings. The number of amides is 1. The molecule has 1 unspecified atom stereocenters. The first-order valence-corrected chi connectivity index (χ1v) is 13.0. The summed E-state index contributed by atoms with van der Waals surface area (Å²) in [6, 6.07) is 12.8. The first-order valence-electron chi connectivity index (χ1n) is 13.0. The molecule has 2 N–H and O–H groups in total. The minimum absolute atomic E-state index is 0.0914. The zero-order valence-electron chi connectivity index (χ0n) is 23.5. The van der Waals surface area contributed by atoms with E-state index in [4.69, 9.17) is 14.2 Å². The van der Waals surface area contributed by atoms with Gasteiger partial charge in [-0.25, -0.2) is 10.1 Å². The topological polar surface area (TPSA) is 77.5 Å². The van der Waals surface area contributed by atoms with Crippen molar-refractivity contribution in [3.63, 3.8) is 0 Å². The van der Waals surface area contributed by atoms with Crippen LogP contribution in [-0.4, -0.2) is 49.6 Å². The summed E-state index contributed by atoms with van der Waals surface area (Å²) in [5.41, 5.74) is 2.80. The molecule has 1 aromatic heterocycles. The van der Waals surface area contributed by atoms with Crippen LogP contribution in [0.5, 0.6) is 23.0 Å². The Bertz CT molecular complexity index is 1280. The van der Waals surface area contributed by atoms with E-state index >= 15 is 0 Å². The van der Waals surface area contributed by atoms with Crippen molar-refractivity contribution in [3.05, 3.63) is 72.5 Å². The first-order chi connectivity index (χ1) is 18.3. The monoisotopic (exact) mass is 518 g/mol. The number of carbonyl (C=O) groups excluding carboxylic acids is 1. The number of allylic oxidation sites excluding steroid dienone is 2. The smallest absolute Gasteiger partial charge is 0.332 e. The number of primary amides is 1. The SMILES string of the molecule is CC=CC(=CCC)CN(C)C(C(=O)[NH2+]c1ccc(Oc2ccnc3cc(OC)c(OC)cc23)cc1)C(C)C. The highest BCUT2D eigenvalue weighted by atomic mass is 16.5. The Morgan fingerprint density at radius 3 is 2.34 bits per heavy atom. The molecular weight excluding hydrogens is 478 g/mol. The third-order valence-electron chi connectivity index (χ3n) is 6.30. The second-order valence-corrected chi connectivity index (χ2v) is 9.54. The third kappa shape index (κ3) is 7.21. The van der Waals surface area contributed by atoms with Crippen LogP contribution in [0.25, 0.3) is 10.9 Å². The van der Waals surface area contributed by atoms with Crippen LogP contribution in [0.1, 0.15) is 34.1 Å². The second-order valence-electron chi connectivity index (χ2n) is 9.54. The number of fused-ring (bicyclic) bond motifs is 1. The largest absolute Gasteiger partial charge is 0.493 e. The Kier molecular flexibility index (Phi) is 10.4. The quantitative estimate of drug-likeness (QED) is 0.247. The van der Waals surface area contributed by atoms with Gasteiger partial charge in [0.05, 0.1) is 19.7 Å². The minimum atomic E-state index is -0.216. The van der Waals surface area contributed by atoms with Crippen molar-refractivity contribution in [1.82, 2.24) is 9.88 Å². The summed E-state index contributed by atoms with van der Waals surface area (Å²) < 4.78 is 17.0. The highest BCUT2D eigenvalue weighted by Gasteiger charge is 2.30. The fourth-order valence-electron chi connectivity index (χ4n) is 4.65. The molecule has 0 spiro atoms. The number of likely N-dealkylation sites (N-methyl/N-ethyl adjacent to an activating group) is 1. The zero-order chi connectivity index (χ0) is 27.7. The Labute approximate surface area is 226 Å². The Morgan fingerprint density at radius 2 is 1.74 bits per heavy atom. The predicted molar refractivity (Wildman–Crippen MR) is 152 cm³/mol. The summed E-state index contributed by atoms with van der Waals surface area (Å²) in [5, 5.41) is 2.54. The Morgan fingerprint density at radius 1 is 1.05 bits per heavy atom. The Hall–Kier alpha value is -3.68. The molecule has 1 amide bonds. The molecule has 38 heavy (non-hydrogen) atoms. The van der Waals surface area contributed by atoms with Crippen molar-refractivity contribution < 1.29 is 24.3 Å². The van der Waals surface area contributed by atoms with Crippen LogP contribution in [-0.2, 0) is 4.79 Å². The number of nitrogens with zero attached hydrogens (tertiary/aromatic N) is 2. The summed E-state index contributed by atoms with van der Waals surface area (Å²) in [5.74, 6) is 2.80. The Balaban J connectivity index is 1.74. The summed E-state index contributed by atoms with van der Waals surface area (Å²) >= 11 is 0. The van der Waals surface area contributed by atoms with Gasteiger partial charge >= 0.3 is 5.91 Å². The number of hydrogen-bond donors (Lipinski definition) is 1. The molecule has 0 aliphatic carbocycles. The van der Waals surface area contributed by atoms with Crippen molar-refractivity contribution in [1.29, 1.82) is 0 Å². The lowest BCUT2D eigenvalue weighted by Gasteiger charge is -2.28. The van der Waals surface area contributed by atoms with E-state index in [0.29, 0.717) is 23.0 Å². The van der Waals surface area contributed by atoms with Gasteiger partial charge in [0, 0.05) is 36.3 Å². The fourth-order valence-corrected chi connectivity index (χ4v) is 4.65. The molecule has 1 atom stereocenters. The normalized spacial score (nSPS) is 12.9. The van der Waals surface area contributed by atoms with Gasteiger partial charge in [0.25, 0.3) is 0 Å². The third-order valence-corrected chi connectivity index (χ3v) is 6.30. The minimum Gasteiger partial charge on any atom is -0.493 e. The summed E-state index contributed by atoms with van der Waals surface area (Å²) in [6.45, 7) is 9.05. The van der Waals surface area contributed by atoms with Crippen molar-refractivity contribution >= 4 is 22.5 Å². The number of nitrogens with two attached hydrogens (primary N) is 1. The summed E-state index contributed by atoms with van der Waals surface area (Å²) in [6.07, 6.45) is 9.03. The fraction of sp³-hybridized carbons (Fsp3) is 0.355. The van der Waals surface area contributed by atoms with E-state index in [2.05, 4.69) is 42.8 Å². The first kappa shape index (κ1) is 28.9. The van der Waals surface area contributed by atoms with Gasteiger partial charge in [-0.05, 0) is 56.1 Å². The molecule has 0 saturated carbocycles. The van der Waals surface area contributed by atoms with Gasteiger partial charge in [-0.1, -0.05) is 39.0 Å². The van der Waals surface area contributed by atoms with Gasteiger partial charge in [-0.3, -0.25) is 9.88 Å². The van der Waals surface area contributed by atoms with Crippen LogP contribution < -0.4 is 19.5 Å². The van der Waals surface area contributed by atoms with Crippen molar-refractivity contribution in [2.24, 2.45) is 5.92 Å². The van der Waals surface area contributed by atoms with Crippen molar-refractivity contribution in [2.45, 2.75) is 40.2 Å². The van der Waals surface area contributed by atoms with E-state index < -0.39 is 0 Å². The van der Waals surface area contributed by atoms with E-state index in [1.807, 2.05) is 62.5 Å². The number of carbonyl (C=O) groups is 1. The molecule has 0 aliphatic heterocycles. The highest BCUT2D eigenvalue weighted by molar-refractivity contribution is 5.88. The highest BCUT2D eigenvalue weighted by Crippen LogP contribution is 2.36. The van der Waals surface area contributed by atoms with Gasteiger partial charge in [0.15, 0.2) is 11.5 Å². The van der Waals surface area contributed by atoms with Crippen LogP contribution in [0.3, 0.4) is 0 Å². The lowest BCUT2D eigenvalue weighted by atomic mass is 10.0. The predicted octanol–water partition coefficient (Wildman–Crippen LogP) is 5.63. The number of methoxy groups -OCH3 is 2. The number of hydrogen-bond acceptors (Lipinski definition) is 6. The molecule has 2 aromatic carbocycles. The molecule has 0 saturated heterocycles. The number of ether oxygens (including phenoxy) is 3. The molecule has 7 heteroatoms. The molecule has 0 bridgehead atoms. The average Bonchev–Trinajstić information content (AvgIpc) is 2.89. The number of aromatic nitrogens is 1. The lowest BCUT2D eigenvalue weighted by molar-refractivity contribution is -0.487. The van der Waals surface area contributed by atoms with Crippen LogP contribution in [0.15, 0.2) is 72.5 Å². The maximum atomic E-state index is 13.3. The zero-order valence-corrected chi connectivity index (χ0v) is 23.5. The van der Waals surface area contributed by atoms with Crippen LogP contribution in [0.4, 0.5) is 5.69 Å². The number of rotatable bonds is 12. The number of quaternary nitrogens is 1. The van der Waals surface area contributed by atoms with Gasteiger partial charge < -0.3 is 14.2 Å². The van der Waals surface area contributed by atoms with E-state index in [1.165, 1.54) is 5.57 Å². The van der Waals surface area contributed by atoms with Gasteiger partial charge in [-0.15, -0.1) is 0 Å². The van der Waals surface area contributed by atoms with Crippen LogP contribution >= 0.6 is 0 Å². The van der Waals surface area contributed by atoms with Gasteiger partial charge in [0.2, 0.25) is 0 Å². The number of benzene rings is 2. The second kappa shape index (κ2) is 13.7. The van der Waals surface area contributed by atoms with Crippen molar-refractivity contribution in [2.75, 3.05) is 27.8 Å². The van der Waals surface area contributed by atoms with Crippen LogP contribution in [0, 0.1) is 5.92 Å². The maximum Gasteiger partial charge on any atom is 0.332 e. The molecule has 7 nitrogen and oxygen atoms in total. The van der Waals surface area contributed by atoms with Gasteiger partial charge in [0.1, 0.15) is 23.2 Å². The molecule has 3 aromatic rings. The molecule has 3 rings (SSSR count). The molecular formula is C31H40N3O4+. The van der Waals surface area contributed by atoms with E-state index in [1.54, 1.807) is 25.7 Å². The molecule has 0 aliphatic rings. The van der Waals surface area contributed by atoms with E-state index in [0.717, 1.165) is 29.6 Å². The molecule has 1 heterocycles. The number of pyridine rings is 1. The van der Waals surface area contributed by atoms with E-state index in [9.17, 15) is 4.79 Å². The molecule has 202 valence electrons. The van der Waals surface area contributed by atoms with Crippen molar-refractivity contribution in [3.8, 4) is 23.0 Å². The maximum absolute atomic E-state index is 13.3. The van der Waals surface area contributed by atoms with E-state index in [-0.39, 0.29) is 17.9 Å². The summed E-state index contributed by atoms with van der Waals surface area (Å²) in [4.78, 5) is 19.9. The van der Waals surface area contributed by atoms with Crippen LogP contribution in [0.2, 0.25) is 0 Å². The standard InChI is InChI=1S/C31H39N3O4/c1-8-10-22(11-9-2)20-34(5)30(21(3)4)31(35)33-23-12-14-24(15-13-23)38-27-16-17-32-26-19-29(37-7)28(36-6)18-25(26)27/h8,10-19,21,30H,9,20H2,1-7H3,(H,33,35)/p+1. The summed E-state index contributed by atoms with van der Waals surface area (Å²) in [7, 11) is 5.21. The molecule has 0 radical (unpaired) electrons.